The van der Waals surface area contributed by atoms with Crippen LogP contribution < -0.4 is 0 Å². The quantitative estimate of drug-likeness (QED) is 0.711. The predicted molar refractivity (Wildman–Crippen MR) is 88.1 cm³/mol. The van der Waals surface area contributed by atoms with E-state index in [0.717, 1.165) is 41.3 Å². The van der Waals surface area contributed by atoms with Crippen LogP contribution in [0.5, 0.6) is 0 Å². The molecule has 1 aliphatic rings. The number of hydrogen-bond acceptors (Lipinski definition) is 3. The van der Waals surface area contributed by atoms with Crippen LogP contribution in [0.4, 0.5) is 4.39 Å². The van der Waals surface area contributed by atoms with Crippen LogP contribution in [0.15, 0.2) is 42.6 Å². The molecule has 0 spiro atoms. The lowest BCUT2D eigenvalue weighted by molar-refractivity contribution is 0.577. The molecule has 0 atom stereocenters. The fraction of sp³-hybridized carbons (Fsp3) is 0.294. The molecule has 112 valence electrons. The van der Waals surface area contributed by atoms with Gasteiger partial charge in [-0.3, -0.25) is 4.57 Å². The van der Waals surface area contributed by atoms with E-state index in [1.54, 1.807) is 18.3 Å². The zero-order valence-corrected chi connectivity index (χ0v) is 12.9. The Hall–Kier alpha value is -1.88. The summed E-state index contributed by atoms with van der Waals surface area (Å²) in [5, 5.41) is 0. The van der Waals surface area contributed by atoms with E-state index in [1.165, 1.54) is 6.07 Å². The minimum absolute atomic E-state index is 0.237. The maximum atomic E-state index is 14.3. The van der Waals surface area contributed by atoms with Crippen LogP contribution in [-0.4, -0.2) is 26.0 Å². The van der Waals surface area contributed by atoms with Crippen LogP contribution in [0.2, 0.25) is 0 Å². The van der Waals surface area contributed by atoms with Gasteiger partial charge < -0.3 is 0 Å². The van der Waals surface area contributed by atoms with E-state index in [9.17, 15) is 4.39 Å². The van der Waals surface area contributed by atoms with Crippen molar-refractivity contribution in [3.05, 3.63) is 54.2 Å². The van der Waals surface area contributed by atoms with Crippen LogP contribution in [0.25, 0.3) is 16.9 Å². The number of fused-ring (bicyclic) bond motifs is 1. The molecule has 1 aliphatic heterocycles. The van der Waals surface area contributed by atoms with E-state index in [4.69, 9.17) is 4.98 Å². The van der Waals surface area contributed by atoms with E-state index in [1.807, 2.05) is 34.5 Å². The number of pyridine rings is 1. The summed E-state index contributed by atoms with van der Waals surface area (Å²) in [4.78, 5) is 9.22. The van der Waals surface area contributed by atoms with Gasteiger partial charge in [-0.25, -0.2) is 14.4 Å². The number of benzene rings is 1. The molecule has 3 heterocycles. The Labute approximate surface area is 132 Å². The van der Waals surface area contributed by atoms with Crippen LogP contribution >= 0.6 is 11.8 Å². The first-order chi connectivity index (χ1) is 10.8. The maximum absolute atomic E-state index is 14.3. The molecule has 0 saturated carbocycles. The van der Waals surface area contributed by atoms with E-state index >= 15 is 0 Å². The van der Waals surface area contributed by atoms with Gasteiger partial charge in [0.05, 0.1) is 5.69 Å². The van der Waals surface area contributed by atoms with E-state index in [-0.39, 0.29) is 5.82 Å². The molecular formula is C17H16FN3S. The molecule has 1 aromatic carbocycles. The first-order valence-corrected chi connectivity index (χ1v) is 8.66. The standard InChI is InChI=1S/C17H16FN3S/c18-13-4-1-2-6-15(13)21-16(12-7-10-22-11-8-12)20-14-5-3-9-19-17(14)21/h1-6,9,12H,7-8,10-11H2. The SMILES string of the molecule is Fc1ccccc1-n1c(C2CCSCC2)nc2cccnc21. The molecule has 0 aliphatic carbocycles. The zero-order chi connectivity index (χ0) is 14.9. The molecule has 4 rings (SSSR count). The van der Waals surface area contributed by atoms with Gasteiger partial charge in [0.25, 0.3) is 0 Å². The molecule has 0 bridgehead atoms. The zero-order valence-electron chi connectivity index (χ0n) is 12.1. The number of para-hydroxylation sites is 1. The molecule has 3 aromatic rings. The monoisotopic (exact) mass is 313 g/mol. The molecule has 0 amide bonds. The number of rotatable bonds is 2. The largest absolute Gasteiger partial charge is 0.277 e. The van der Waals surface area contributed by atoms with Gasteiger partial charge in [0.1, 0.15) is 17.2 Å². The topological polar surface area (TPSA) is 30.7 Å². The van der Waals surface area contributed by atoms with Crippen molar-refractivity contribution < 1.29 is 4.39 Å². The normalized spacial score (nSPS) is 16.2. The average molecular weight is 313 g/mol. The van der Waals surface area contributed by atoms with Gasteiger partial charge in [0.15, 0.2) is 5.65 Å². The fourth-order valence-electron chi connectivity index (χ4n) is 3.03. The third-order valence-electron chi connectivity index (χ3n) is 4.12. The van der Waals surface area contributed by atoms with Gasteiger partial charge >= 0.3 is 0 Å². The summed E-state index contributed by atoms with van der Waals surface area (Å²) < 4.78 is 16.3. The van der Waals surface area contributed by atoms with Gasteiger partial charge in [0.2, 0.25) is 0 Å². The maximum Gasteiger partial charge on any atom is 0.164 e. The Bertz CT molecular complexity index is 809. The third kappa shape index (κ3) is 2.29. The summed E-state index contributed by atoms with van der Waals surface area (Å²) in [7, 11) is 0. The second-order valence-corrected chi connectivity index (χ2v) is 6.71. The molecule has 22 heavy (non-hydrogen) atoms. The van der Waals surface area contributed by atoms with E-state index in [0.29, 0.717) is 11.6 Å². The third-order valence-corrected chi connectivity index (χ3v) is 5.17. The van der Waals surface area contributed by atoms with Crippen LogP contribution in [0.1, 0.15) is 24.6 Å². The summed E-state index contributed by atoms with van der Waals surface area (Å²) in [5.74, 6) is 3.35. The van der Waals surface area contributed by atoms with Crippen molar-refractivity contribution in [2.75, 3.05) is 11.5 Å². The van der Waals surface area contributed by atoms with E-state index in [2.05, 4.69) is 4.98 Å². The lowest BCUT2D eigenvalue weighted by atomic mass is 10.0. The molecular weight excluding hydrogens is 297 g/mol. The van der Waals surface area contributed by atoms with Gasteiger partial charge in [0, 0.05) is 12.1 Å². The van der Waals surface area contributed by atoms with Crippen molar-refractivity contribution in [2.24, 2.45) is 0 Å². The van der Waals surface area contributed by atoms with Crippen molar-refractivity contribution in [1.29, 1.82) is 0 Å². The summed E-state index contributed by atoms with van der Waals surface area (Å²) in [6.07, 6.45) is 3.91. The summed E-state index contributed by atoms with van der Waals surface area (Å²) in [6.45, 7) is 0. The van der Waals surface area contributed by atoms with Gasteiger partial charge in [-0.1, -0.05) is 12.1 Å². The Morgan fingerprint density at radius 1 is 1.09 bits per heavy atom. The van der Waals surface area contributed by atoms with Crippen LogP contribution in [0, 0.1) is 5.82 Å². The van der Waals surface area contributed by atoms with Crippen molar-refractivity contribution in [3.8, 4) is 5.69 Å². The number of nitrogens with zero attached hydrogens (tertiary/aromatic N) is 3. The molecule has 0 unspecified atom stereocenters. The summed E-state index contributed by atoms with van der Waals surface area (Å²) in [6, 6.07) is 10.7. The second-order valence-electron chi connectivity index (χ2n) is 5.49. The van der Waals surface area contributed by atoms with Crippen molar-refractivity contribution >= 4 is 22.9 Å². The first-order valence-electron chi connectivity index (χ1n) is 7.50. The Kier molecular flexibility index (Phi) is 3.58. The Balaban J connectivity index is 1.96. The molecule has 3 nitrogen and oxygen atoms in total. The molecule has 0 radical (unpaired) electrons. The minimum Gasteiger partial charge on any atom is -0.277 e. The number of imidazole rings is 1. The molecule has 1 fully saturated rings. The lowest BCUT2D eigenvalue weighted by Gasteiger charge is -2.22. The van der Waals surface area contributed by atoms with Gasteiger partial charge in [-0.15, -0.1) is 0 Å². The van der Waals surface area contributed by atoms with Crippen molar-refractivity contribution in [1.82, 2.24) is 14.5 Å². The minimum atomic E-state index is -0.237. The Morgan fingerprint density at radius 2 is 1.91 bits per heavy atom. The van der Waals surface area contributed by atoms with E-state index < -0.39 is 0 Å². The highest BCUT2D eigenvalue weighted by Crippen LogP contribution is 2.34. The van der Waals surface area contributed by atoms with Gasteiger partial charge in [-0.2, -0.15) is 11.8 Å². The number of thioether (sulfide) groups is 1. The van der Waals surface area contributed by atoms with Gasteiger partial charge in [-0.05, 0) is 48.6 Å². The summed E-state index contributed by atoms with van der Waals surface area (Å²) in [5.41, 5.74) is 2.11. The lowest BCUT2D eigenvalue weighted by Crippen LogP contribution is -2.14. The molecule has 2 aromatic heterocycles. The van der Waals surface area contributed by atoms with Crippen LogP contribution in [-0.2, 0) is 0 Å². The molecule has 1 saturated heterocycles. The number of aromatic nitrogens is 3. The van der Waals surface area contributed by atoms with Crippen LogP contribution in [0.3, 0.4) is 0 Å². The second kappa shape index (κ2) is 5.72. The van der Waals surface area contributed by atoms with Crippen molar-refractivity contribution in [2.45, 2.75) is 18.8 Å². The molecule has 5 heteroatoms. The highest BCUT2D eigenvalue weighted by Gasteiger charge is 2.24. The predicted octanol–water partition coefficient (Wildman–Crippen LogP) is 4.17. The average Bonchev–Trinajstić information content (AvgIpc) is 2.95. The smallest absolute Gasteiger partial charge is 0.164 e. The summed E-state index contributed by atoms with van der Waals surface area (Å²) >= 11 is 1.98. The number of hydrogen-bond donors (Lipinski definition) is 0. The fourth-order valence-corrected chi connectivity index (χ4v) is 4.14. The van der Waals surface area contributed by atoms with Crippen molar-refractivity contribution in [3.63, 3.8) is 0 Å². The first kappa shape index (κ1) is 13.8. The Morgan fingerprint density at radius 3 is 2.73 bits per heavy atom. The number of halogens is 1. The highest BCUT2D eigenvalue weighted by molar-refractivity contribution is 7.99. The highest BCUT2D eigenvalue weighted by atomic mass is 32.2. The molecule has 0 N–H and O–H groups in total.